The zero-order valence-corrected chi connectivity index (χ0v) is 14.0. The third-order valence-electron chi connectivity index (χ3n) is 3.47. The standard InChI is InChI=1S/C16H22FN3O4/c1-16(2,3)24-15(23)20-8-6-19(7-9-20)13-5-4-11(10-12(13)17)18-14(21)22/h4-5,10,18H,6-9H2,1-3H3,(H,21,22). The Bertz CT molecular complexity index is 622. The predicted molar refractivity (Wildman–Crippen MR) is 88.1 cm³/mol. The Morgan fingerprint density at radius 1 is 1.21 bits per heavy atom. The summed E-state index contributed by atoms with van der Waals surface area (Å²) in [4.78, 5) is 26.0. The molecule has 1 fully saturated rings. The summed E-state index contributed by atoms with van der Waals surface area (Å²) in [5.41, 5.74) is 0.0127. The number of ether oxygens (including phenoxy) is 1. The molecule has 0 aromatic heterocycles. The van der Waals surface area contributed by atoms with E-state index in [0.29, 0.717) is 31.9 Å². The second kappa shape index (κ2) is 6.94. The summed E-state index contributed by atoms with van der Waals surface area (Å²) in [5, 5.41) is 10.8. The van der Waals surface area contributed by atoms with E-state index in [1.807, 2.05) is 25.7 Å². The number of nitrogens with one attached hydrogen (secondary N) is 1. The van der Waals surface area contributed by atoms with Crippen LogP contribution in [0, 0.1) is 5.82 Å². The van der Waals surface area contributed by atoms with Crippen molar-refractivity contribution < 1.29 is 23.8 Å². The van der Waals surface area contributed by atoms with Crippen LogP contribution in [0.1, 0.15) is 20.8 Å². The van der Waals surface area contributed by atoms with Gasteiger partial charge in [0, 0.05) is 31.9 Å². The van der Waals surface area contributed by atoms with Crippen LogP contribution in [0.15, 0.2) is 18.2 Å². The lowest BCUT2D eigenvalue weighted by Gasteiger charge is -2.36. The lowest BCUT2D eigenvalue weighted by Crippen LogP contribution is -2.50. The zero-order chi connectivity index (χ0) is 17.9. The first-order valence-corrected chi connectivity index (χ1v) is 7.68. The van der Waals surface area contributed by atoms with Gasteiger partial charge in [-0.2, -0.15) is 0 Å². The van der Waals surface area contributed by atoms with Crippen molar-refractivity contribution in [1.29, 1.82) is 0 Å². The monoisotopic (exact) mass is 339 g/mol. The number of carboxylic acid groups (broad SMARTS) is 1. The van der Waals surface area contributed by atoms with Gasteiger partial charge in [-0.25, -0.2) is 14.0 Å². The van der Waals surface area contributed by atoms with Crippen LogP contribution in [0.2, 0.25) is 0 Å². The quantitative estimate of drug-likeness (QED) is 0.866. The fraction of sp³-hybridized carbons (Fsp3) is 0.500. The number of hydrogen-bond acceptors (Lipinski definition) is 4. The molecule has 1 heterocycles. The van der Waals surface area contributed by atoms with Crippen molar-refractivity contribution in [2.24, 2.45) is 0 Å². The second-order valence-corrected chi connectivity index (χ2v) is 6.55. The number of carbonyl (C=O) groups is 2. The molecule has 0 saturated carbocycles. The average Bonchev–Trinajstić information content (AvgIpc) is 2.45. The van der Waals surface area contributed by atoms with Crippen molar-refractivity contribution in [3.8, 4) is 0 Å². The van der Waals surface area contributed by atoms with Crippen LogP contribution in [-0.2, 0) is 4.74 Å². The molecule has 0 spiro atoms. The highest BCUT2D eigenvalue weighted by molar-refractivity contribution is 5.83. The molecule has 0 atom stereocenters. The fourth-order valence-corrected chi connectivity index (χ4v) is 2.42. The minimum Gasteiger partial charge on any atom is -0.465 e. The van der Waals surface area contributed by atoms with E-state index in [0.717, 1.165) is 6.07 Å². The summed E-state index contributed by atoms with van der Waals surface area (Å²) in [6.07, 6.45) is -1.61. The summed E-state index contributed by atoms with van der Waals surface area (Å²) >= 11 is 0. The Morgan fingerprint density at radius 3 is 2.33 bits per heavy atom. The van der Waals surface area contributed by atoms with Crippen LogP contribution in [0.25, 0.3) is 0 Å². The number of piperazine rings is 1. The lowest BCUT2D eigenvalue weighted by atomic mass is 10.2. The summed E-state index contributed by atoms with van der Waals surface area (Å²) in [7, 11) is 0. The normalized spacial score (nSPS) is 15.2. The van der Waals surface area contributed by atoms with E-state index in [4.69, 9.17) is 9.84 Å². The number of anilines is 2. The van der Waals surface area contributed by atoms with Crippen LogP contribution in [0.3, 0.4) is 0 Å². The Kier molecular flexibility index (Phi) is 5.16. The second-order valence-electron chi connectivity index (χ2n) is 6.55. The van der Waals surface area contributed by atoms with Gasteiger partial charge in [0.1, 0.15) is 11.4 Å². The van der Waals surface area contributed by atoms with Crippen molar-refractivity contribution in [3.05, 3.63) is 24.0 Å². The zero-order valence-electron chi connectivity index (χ0n) is 14.0. The van der Waals surface area contributed by atoms with Gasteiger partial charge in [0.15, 0.2) is 0 Å². The molecule has 24 heavy (non-hydrogen) atoms. The van der Waals surface area contributed by atoms with Gasteiger partial charge in [-0.3, -0.25) is 5.32 Å². The number of carbonyl (C=O) groups excluding carboxylic acids is 1. The maximum absolute atomic E-state index is 14.2. The van der Waals surface area contributed by atoms with Crippen molar-refractivity contribution in [3.63, 3.8) is 0 Å². The molecular weight excluding hydrogens is 317 g/mol. The SMILES string of the molecule is CC(C)(C)OC(=O)N1CCN(c2ccc(NC(=O)O)cc2F)CC1. The molecule has 0 radical (unpaired) electrons. The van der Waals surface area contributed by atoms with E-state index >= 15 is 0 Å². The first-order valence-electron chi connectivity index (χ1n) is 7.68. The minimum absolute atomic E-state index is 0.177. The number of nitrogens with zero attached hydrogens (tertiary/aromatic N) is 2. The first kappa shape index (κ1) is 17.8. The highest BCUT2D eigenvalue weighted by Crippen LogP contribution is 2.24. The van der Waals surface area contributed by atoms with Crippen LogP contribution in [0.5, 0.6) is 0 Å². The maximum atomic E-state index is 14.2. The molecule has 1 aliphatic heterocycles. The molecule has 2 amide bonds. The van der Waals surface area contributed by atoms with E-state index in [9.17, 15) is 14.0 Å². The Labute approximate surface area is 140 Å². The van der Waals surface area contributed by atoms with E-state index < -0.39 is 17.5 Å². The average molecular weight is 339 g/mol. The third kappa shape index (κ3) is 4.74. The molecular formula is C16H22FN3O4. The number of benzene rings is 1. The van der Waals surface area contributed by atoms with Gasteiger partial charge in [0.2, 0.25) is 0 Å². The van der Waals surface area contributed by atoms with E-state index in [1.54, 1.807) is 4.90 Å². The minimum atomic E-state index is -1.24. The molecule has 0 unspecified atom stereocenters. The van der Waals surface area contributed by atoms with Crippen LogP contribution < -0.4 is 10.2 Å². The van der Waals surface area contributed by atoms with Gasteiger partial charge in [-0.15, -0.1) is 0 Å². The summed E-state index contributed by atoms with van der Waals surface area (Å²) in [6.45, 7) is 7.24. The molecule has 8 heteroatoms. The predicted octanol–water partition coefficient (Wildman–Crippen LogP) is 2.97. The van der Waals surface area contributed by atoms with Gasteiger partial charge in [-0.05, 0) is 39.0 Å². The molecule has 7 nitrogen and oxygen atoms in total. The summed E-state index contributed by atoms with van der Waals surface area (Å²) < 4.78 is 19.5. The van der Waals surface area contributed by atoms with Crippen molar-refractivity contribution in [2.45, 2.75) is 26.4 Å². The number of halogens is 1. The molecule has 0 aliphatic carbocycles. The molecule has 2 N–H and O–H groups in total. The smallest absolute Gasteiger partial charge is 0.410 e. The van der Waals surface area contributed by atoms with Gasteiger partial charge < -0.3 is 19.6 Å². The number of amides is 2. The largest absolute Gasteiger partial charge is 0.465 e. The topological polar surface area (TPSA) is 82.1 Å². The molecule has 1 aromatic rings. The summed E-state index contributed by atoms with van der Waals surface area (Å²) in [5.74, 6) is -0.507. The van der Waals surface area contributed by atoms with E-state index in [2.05, 4.69) is 5.32 Å². The van der Waals surface area contributed by atoms with Gasteiger partial charge in [0.05, 0.1) is 5.69 Å². The van der Waals surface area contributed by atoms with Crippen molar-refractivity contribution in [2.75, 3.05) is 36.4 Å². The number of hydrogen-bond donors (Lipinski definition) is 2. The first-order chi connectivity index (χ1) is 11.2. The third-order valence-corrected chi connectivity index (χ3v) is 3.47. The van der Waals surface area contributed by atoms with E-state index in [1.165, 1.54) is 12.1 Å². The van der Waals surface area contributed by atoms with Crippen LogP contribution >= 0.6 is 0 Å². The maximum Gasteiger partial charge on any atom is 0.410 e. The summed E-state index contributed by atoms with van der Waals surface area (Å²) in [6, 6.07) is 4.18. The highest BCUT2D eigenvalue weighted by Gasteiger charge is 2.26. The van der Waals surface area contributed by atoms with Crippen LogP contribution in [0.4, 0.5) is 25.4 Å². The van der Waals surface area contributed by atoms with Gasteiger partial charge in [0.25, 0.3) is 0 Å². The number of rotatable bonds is 2. The fourth-order valence-electron chi connectivity index (χ4n) is 2.42. The van der Waals surface area contributed by atoms with Gasteiger partial charge >= 0.3 is 12.2 Å². The molecule has 1 aliphatic rings. The molecule has 0 bridgehead atoms. The Balaban J connectivity index is 1.97. The highest BCUT2D eigenvalue weighted by atomic mass is 19.1. The van der Waals surface area contributed by atoms with Gasteiger partial charge in [-0.1, -0.05) is 0 Å². The van der Waals surface area contributed by atoms with E-state index in [-0.39, 0.29) is 11.8 Å². The molecule has 2 rings (SSSR count). The lowest BCUT2D eigenvalue weighted by molar-refractivity contribution is 0.0240. The van der Waals surface area contributed by atoms with Crippen molar-refractivity contribution >= 4 is 23.6 Å². The molecule has 1 aromatic carbocycles. The Morgan fingerprint density at radius 2 is 1.83 bits per heavy atom. The Hall–Kier alpha value is -2.51. The van der Waals surface area contributed by atoms with Crippen LogP contribution in [-0.4, -0.2) is 54.0 Å². The molecule has 1 saturated heterocycles. The molecule has 132 valence electrons. The van der Waals surface area contributed by atoms with Crippen molar-refractivity contribution in [1.82, 2.24) is 4.90 Å².